The molecule has 1 aliphatic carbocycles. The highest BCUT2D eigenvalue weighted by Gasteiger charge is 2.49. The molecule has 0 saturated carbocycles. The van der Waals surface area contributed by atoms with Crippen LogP contribution in [0.15, 0.2) is 60.2 Å². The number of carbonyl (C=O) groups excluding carboxylic acids is 3. The molecule has 0 fully saturated rings. The highest BCUT2D eigenvalue weighted by atomic mass is 16.2. The van der Waals surface area contributed by atoms with Crippen LogP contribution in [-0.2, 0) is 14.4 Å². The maximum absolute atomic E-state index is 12.9. The largest absolute Gasteiger partial charge is 0.325 e. The standard InChI is InChI=1S/C20H19NO3/c1-3-7-16(23)17-18(14-8-5-4-6-9-14)20(21(2)19(17)24)12-10-15(22)11-13-20/h4-6,8-13H,3,7H2,1-2H3. The highest BCUT2D eigenvalue weighted by Crippen LogP contribution is 2.44. The van der Waals surface area contributed by atoms with E-state index >= 15 is 0 Å². The zero-order valence-corrected chi connectivity index (χ0v) is 13.8. The smallest absolute Gasteiger partial charge is 0.258 e. The second-order valence-electron chi connectivity index (χ2n) is 6.05. The van der Waals surface area contributed by atoms with Gasteiger partial charge in [0.25, 0.3) is 5.91 Å². The number of nitrogens with zero attached hydrogens (tertiary/aromatic N) is 1. The van der Waals surface area contributed by atoms with Gasteiger partial charge in [-0.2, -0.15) is 0 Å². The normalized spacial score (nSPS) is 18.8. The van der Waals surface area contributed by atoms with Crippen LogP contribution in [0.2, 0.25) is 0 Å². The Hall–Kier alpha value is -2.75. The van der Waals surface area contributed by atoms with E-state index in [1.165, 1.54) is 17.1 Å². The third-order valence-corrected chi connectivity index (χ3v) is 4.55. The van der Waals surface area contributed by atoms with Crippen molar-refractivity contribution < 1.29 is 14.4 Å². The van der Waals surface area contributed by atoms with Crippen LogP contribution in [0.3, 0.4) is 0 Å². The van der Waals surface area contributed by atoms with Crippen LogP contribution >= 0.6 is 0 Å². The first-order valence-electron chi connectivity index (χ1n) is 8.05. The minimum atomic E-state index is -0.884. The monoisotopic (exact) mass is 321 g/mol. The third-order valence-electron chi connectivity index (χ3n) is 4.55. The zero-order chi connectivity index (χ0) is 17.3. The van der Waals surface area contributed by atoms with Gasteiger partial charge in [0.1, 0.15) is 5.54 Å². The summed E-state index contributed by atoms with van der Waals surface area (Å²) in [6.07, 6.45) is 7.34. The van der Waals surface area contributed by atoms with Gasteiger partial charge in [0, 0.05) is 19.0 Å². The molecule has 1 aliphatic heterocycles. The molecule has 0 atom stereocenters. The molecule has 0 aromatic heterocycles. The van der Waals surface area contributed by atoms with Gasteiger partial charge in [0.05, 0.1) is 5.57 Å². The van der Waals surface area contributed by atoms with E-state index in [1.807, 2.05) is 37.3 Å². The Balaban J connectivity index is 2.28. The minimum Gasteiger partial charge on any atom is -0.325 e. The number of ketones is 2. The lowest BCUT2D eigenvalue weighted by Gasteiger charge is -2.34. The molecule has 0 radical (unpaired) electrons. The van der Waals surface area contributed by atoms with E-state index in [2.05, 4.69) is 0 Å². The van der Waals surface area contributed by atoms with Crippen LogP contribution < -0.4 is 0 Å². The Morgan fingerprint density at radius 2 is 1.71 bits per heavy atom. The summed E-state index contributed by atoms with van der Waals surface area (Å²) in [6.45, 7) is 1.92. The number of likely N-dealkylation sites (N-methyl/N-ethyl adjacent to an activating group) is 1. The maximum atomic E-state index is 12.9. The van der Waals surface area contributed by atoms with Gasteiger partial charge < -0.3 is 4.90 Å². The summed E-state index contributed by atoms with van der Waals surface area (Å²) in [6, 6.07) is 9.42. The van der Waals surface area contributed by atoms with Gasteiger partial charge in [-0.1, -0.05) is 37.3 Å². The molecule has 1 spiro atoms. The van der Waals surface area contributed by atoms with Crippen molar-refractivity contribution in [2.24, 2.45) is 0 Å². The molecular weight excluding hydrogens is 302 g/mol. The quantitative estimate of drug-likeness (QED) is 0.801. The summed E-state index contributed by atoms with van der Waals surface area (Å²) in [5.41, 5.74) is 0.826. The van der Waals surface area contributed by atoms with Crippen LogP contribution in [0.1, 0.15) is 25.3 Å². The lowest BCUT2D eigenvalue weighted by atomic mass is 9.80. The fourth-order valence-electron chi connectivity index (χ4n) is 3.32. The molecule has 0 unspecified atom stereocenters. The second kappa shape index (κ2) is 6.04. The van der Waals surface area contributed by atoms with E-state index in [4.69, 9.17) is 0 Å². The number of allylic oxidation sites excluding steroid dienone is 2. The molecule has 0 bridgehead atoms. The van der Waals surface area contributed by atoms with Gasteiger partial charge in [0.2, 0.25) is 0 Å². The molecule has 0 N–H and O–H groups in total. The molecule has 4 nitrogen and oxygen atoms in total. The number of hydrogen-bond donors (Lipinski definition) is 0. The Morgan fingerprint density at radius 1 is 1.08 bits per heavy atom. The van der Waals surface area contributed by atoms with Crippen LogP contribution in [-0.4, -0.2) is 35.0 Å². The third kappa shape index (κ3) is 2.35. The topological polar surface area (TPSA) is 54.5 Å². The summed E-state index contributed by atoms with van der Waals surface area (Å²) in [5.74, 6) is -0.568. The molecule has 1 heterocycles. The first-order valence-corrected chi connectivity index (χ1v) is 8.05. The van der Waals surface area contributed by atoms with Crippen molar-refractivity contribution in [1.82, 2.24) is 4.90 Å². The second-order valence-corrected chi connectivity index (χ2v) is 6.05. The fourth-order valence-corrected chi connectivity index (χ4v) is 3.32. The van der Waals surface area contributed by atoms with Crippen molar-refractivity contribution in [3.63, 3.8) is 0 Å². The average Bonchev–Trinajstić information content (AvgIpc) is 2.80. The van der Waals surface area contributed by atoms with Crippen LogP contribution in [0.4, 0.5) is 0 Å². The van der Waals surface area contributed by atoms with Gasteiger partial charge in [-0.05, 0) is 36.3 Å². The lowest BCUT2D eigenvalue weighted by Crippen LogP contribution is -2.43. The molecule has 1 aromatic rings. The lowest BCUT2D eigenvalue weighted by molar-refractivity contribution is -0.128. The van der Waals surface area contributed by atoms with Crippen LogP contribution in [0.25, 0.3) is 5.57 Å². The molecular formula is C20H19NO3. The summed E-state index contributed by atoms with van der Waals surface area (Å²) in [4.78, 5) is 38.6. The number of amides is 1. The summed E-state index contributed by atoms with van der Waals surface area (Å²) < 4.78 is 0. The maximum Gasteiger partial charge on any atom is 0.258 e. The van der Waals surface area contributed by atoms with Crippen molar-refractivity contribution in [3.8, 4) is 0 Å². The highest BCUT2D eigenvalue weighted by molar-refractivity contribution is 6.29. The van der Waals surface area contributed by atoms with Crippen LogP contribution in [0, 0.1) is 0 Å². The number of rotatable bonds is 4. The van der Waals surface area contributed by atoms with Crippen molar-refractivity contribution in [2.45, 2.75) is 25.3 Å². The van der Waals surface area contributed by atoms with Crippen LogP contribution in [0.5, 0.6) is 0 Å². The average molecular weight is 321 g/mol. The molecule has 122 valence electrons. The Kier molecular flexibility index (Phi) is 4.06. The van der Waals surface area contributed by atoms with Crippen molar-refractivity contribution in [3.05, 3.63) is 65.8 Å². The van der Waals surface area contributed by atoms with Gasteiger partial charge in [-0.3, -0.25) is 14.4 Å². The minimum absolute atomic E-state index is 0.123. The van der Waals surface area contributed by atoms with E-state index in [1.54, 1.807) is 19.2 Å². The Bertz CT molecular complexity index is 783. The Morgan fingerprint density at radius 3 is 2.29 bits per heavy atom. The molecule has 0 saturated heterocycles. The first kappa shape index (κ1) is 16.1. The van der Waals surface area contributed by atoms with Crippen molar-refractivity contribution in [1.29, 1.82) is 0 Å². The number of hydrogen-bond acceptors (Lipinski definition) is 3. The number of carbonyl (C=O) groups is 3. The molecule has 4 heteroatoms. The summed E-state index contributed by atoms with van der Waals surface area (Å²) in [5, 5.41) is 0. The van der Waals surface area contributed by atoms with Crippen molar-refractivity contribution in [2.75, 3.05) is 7.05 Å². The van der Waals surface area contributed by atoms with E-state index in [9.17, 15) is 14.4 Å². The number of Topliss-reactive ketones (excluding diaryl/α,β-unsaturated/α-hetero) is 1. The predicted molar refractivity (Wildman–Crippen MR) is 92.1 cm³/mol. The fraction of sp³-hybridized carbons (Fsp3) is 0.250. The zero-order valence-electron chi connectivity index (χ0n) is 13.8. The molecule has 1 aromatic carbocycles. The van der Waals surface area contributed by atoms with Gasteiger partial charge in [-0.15, -0.1) is 0 Å². The summed E-state index contributed by atoms with van der Waals surface area (Å²) >= 11 is 0. The molecule has 24 heavy (non-hydrogen) atoms. The molecule has 3 rings (SSSR count). The van der Waals surface area contributed by atoms with Crippen molar-refractivity contribution >= 4 is 23.0 Å². The Labute approximate surface area is 141 Å². The summed E-state index contributed by atoms with van der Waals surface area (Å²) in [7, 11) is 1.67. The van der Waals surface area contributed by atoms with E-state index in [0.29, 0.717) is 18.4 Å². The molecule has 1 amide bonds. The van der Waals surface area contributed by atoms with E-state index in [0.717, 1.165) is 5.56 Å². The SMILES string of the molecule is CCCC(=O)C1=C(c2ccccc2)C2(C=CC(=O)C=C2)N(C)C1=O. The molecule has 2 aliphatic rings. The van der Waals surface area contributed by atoms with Gasteiger partial charge in [0.15, 0.2) is 11.6 Å². The first-order chi connectivity index (χ1) is 11.5. The number of benzene rings is 1. The predicted octanol–water partition coefficient (Wildman–Crippen LogP) is 2.72. The van der Waals surface area contributed by atoms with Gasteiger partial charge in [-0.25, -0.2) is 0 Å². The van der Waals surface area contributed by atoms with Gasteiger partial charge >= 0.3 is 0 Å². The van der Waals surface area contributed by atoms with E-state index in [-0.39, 0.29) is 23.0 Å². The van der Waals surface area contributed by atoms with E-state index < -0.39 is 5.54 Å².